The number of aromatic nitrogens is 6. The van der Waals surface area contributed by atoms with Crippen molar-refractivity contribution >= 4 is 64.8 Å². The van der Waals surface area contributed by atoms with Crippen molar-refractivity contribution in [3.8, 4) is 0 Å². The van der Waals surface area contributed by atoms with E-state index in [-0.39, 0.29) is 6.54 Å². The second kappa shape index (κ2) is 8.74. The third-order valence-corrected chi connectivity index (χ3v) is 4.70. The van der Waals surface area contributed by atoms with Crippen LogP contribution in [-0.2, 0) is 0 Å². The number of imidazole rings is 2. The maximum atomic E-state index is 12.0. The Kier molecular flexibility index (Phi) is 6.55. The first-order chi connectivity index (χ1) is 13.2. The van der Waals surface area contributed by atoms with Crippen molar-refractivity contribution in [3.63, 3.8) is 0 Å². The molecule has 4 aromatic heterocycles. The molecule has 0 aliphatic heterocycles. The first-order valence-electron chi connectivity index (χ1n) is 7.69. The van der Waals surface area contributed by atoms with Gasteiger partial charge in [-0.05, 0) is 59.9 Å². The van der Waals surface area contributed by atoms with Crippen molar-refractivity contribution < 1.29 is 13.2 Å². The van der Waals surface area contributed by atoms with Gasteiger partial charge in [-0.2, -0.15) is 23.4 Å². The number of alkyl halides is 3. The van der Waals surface area contributed by atoms with Crippen LogP contribution < -0.4 is 5.32 Å². The van der Waals surface area contributed by atoms with Gasteiger partial charge in [0.1, 0.15) is 9.21 Å². The fraction of sp³-hybridized carbons (Fsp3) is 0.200. The molecular weight excluding hydrogens is 575 g/mol. The summed E-state index contributed by atoms with van der Waals surface area (Å²) < 4.78 is 41.5. The standard InChI is InChI=1S/C9H8BrF3N4.C6H3Br2N3/c10-7-5-6(14-2-1-9(11,12)13)8-15-3-4-17(8)16-7;7-4-3-5(8)10-11-2-1-9-6(4)11/h3-5,14H,1-2H2;1-3H. The molecule has 4 aromatic rings. The lowest BCUT2D eigenvalue weighted by molar-refractivity contribution is -0.131. The third kappa shape index (κ3) is 5.41. The summed E-state index contributed by atoms with van der Waals surface area (Å²) in [6.07, 6.45) is 1.60. The highest BCUT2D eigenvalue weighted by molar-refractivity contribution is 9.11. The topological polar surface area (TPSA) is 72.4 Å². The molecule has 0 aromatic carbocycles. The molecule has 28 heavy (non-hydrogen) atoms. The highest BCUT2D eigenvalue weighted by atomic mass is 79.9. The van der Waals surface area contributed by atoms with E-state index in [9.17, 15) is 13.2 Å². The zero-order valence-electron chi connectivity index (χ0n) is 13.8. The molecule has 0 aliphatic rings. The Labute approximate surface area is 181 Å². The molecule has 0 fully saturated rings. The van der Waals surface area contributed by atoms with E-state index >= 15 is 0 Å². The summed E-state index contributed by atoms with van der Waals surface area (Å²) in [5.74, 6) is 0. The minimum atomic E-state index is -4.16. The molecule has 13 heteroatoms. The van der Waals surface area contributed by atoms with Gasteiger partial charge in [0.05, 0.1) is 16.6 Å². The van der Waals surface area contributed by atoms with Gasteiger partial charge in [0.25, 0.3) is 0 Å². The van der Waals surface area contributed by atoms with Crippen LogP contribution in [0.3, 0.4) is 0 Å². The van der Waals surface area contributed by atoms with Gasteiger partial charge in [-0.3, -0.25) is 0 Å². The summed E-state index contributed by atoms with van der Waals surface area (Å²) in [5, 5.41) is 10.9. The van der Waals surface area contributed by atoms with Gasteiger partial charge >= 0.3 is 6.18 Å². The molecule has 7 nitrogen and oxygen atoms in total. The molecule has 1 N–H and O–H groups in total. The van der Waals surface area contributed by atoms with E-state index in [2.05, 4.69) is 73.3 Å². The lowest BCUT2D eigenvalue weighted by Crippen LogP contribution is -2.15. The Balaban J connectivity index is 0.000000176. The molecule has 0 spiro atoms. The Morgan fingerprint density at radius 2 is 1.46 bits per heavy atom. The minimum Gasteiger partial charge on any atom is -0.382 e. The molecule has 0 radical (unpaired) electrons. The summed E-state index contributed by atoms with van der Waals surface area (Å²) in [5.41, 5.74) is 1.84. The molecule has 0 saturated heterocycles. The number of hydrogen-bond donors (Lipinski definition) is 1. The summed E-state index contributed by atoms with van der Waals surface area (Å²) in [7, 11) is 0. The molecular formula is C15H11Br3F3N7. The quantitative estimate of drug-likeness (QED) is 0.362. The zero-order chi connectivity index (χ0) is 20.3. The molecule has 0 amide bonds. The Morgan fingerprint density at radius 1 is 0.893 bits per heavy atom. The monoisotopic (exact) mass is 583 g/mol. The van der Waals surface area contributed by atoms with Gasteiger partial charge in [0, 0.05) is 31.3 Å². The van der Waals surface area contributed by atoms with Gasteiger partial charge < -0.3 is 5.32 Å². The fourth-order valence-electron chi connectivity index (χ4n) is 2.20. The average Bonchev–Trinajstić information content (AvgIpc) is 3.22. The Bertz CT molecular complexity index is 1090. The number of anilines is 1. The molecule has 4 heterocycles. The summed E-state index contributed by atoms with van der Waals surface area (Å²) in [6, 6.07) is 3.46. The van der Waals surface area contributed by atoms with Gasteiger partial charge in [-0.25, -0.2) is 19.0 Å². The van der Waals surface area contributed by atoms with Crippen LogP contribution in [0.4, 0.5) is 18.9 Å². The highest BCUT2D eigenvalue weighted by Gasteiger charge is 2.26. The fourth-order valence-corrected chi connectivity index (χ4v) is 3.81. The van der Waals surface area contributed by atoms with Crippen LogP contribution in [0.15, 0.2) is 50.6 Å². The van der Waals surface area contributed by atoms with Gasteiger partial charge in [0.15, 0.2) is 11.3 Å². The maximum absolute atomic E-state index is 12.0. The minimum absolute atomic E-state index is 0.192. The lowest BCUT2D eigenvalue weighted by Gasteiger charge is -2.09. The molecule has 148 valence electrons. The van der Waals surface area contributed by atoms with Crippen molar-refractivity contribution in [3.05, 3.63) is 50.6 Å². The van der Waals surface area contributed by atoms with Crippen LogP contribution in [0.5, 0.6) is 0 Å². The zero-order valence-corrected chi connectivity index (χ0v) is 18.6. The number of hydrogen-bond acceptors (Lipinski definition) is 5. The van der Waals surface area contributed by atoms with Crippen LogP contribution in [-0.4, -0.2) is 41.9 Å². The number of halogens is 6. The Hall–Kier alpha value is -1.73. The van der Waals surface area contributed by atoms with Gasteiger partial charge in [-0.15, -0.1) is 0 Å². The van der Waals surface area contributed by atoms with Gasteiger partial charge in [0.2, 0.25) is 0 Å². The van der Waals surface area contributed by atoms with E-state index in [1.165, 1.54) is 10.7 Å². The van der Waals surface area contributed by atoms with Crippen molar-refractivity contribution in [2.75, 3.05) is 11.9 Å². The number of nitrogens with zero attached hydrogens (tertiary/aromatic N) is 6. The first kappa shape index (κ1) is 21.0. The molecule has 0 aliphatic carbocycles. The predicted octanol–water partition coefficient (Wildman–Crippen LogP) is 5.11. The summed E-state index contributed by atoms with van der Waals surface area (Å²) in [6.45, 7) is -0.192. The number of fused-ring (bicyclic) bond motifs is 2. The van der Waals surface area contributed by atoms with Gasteiger partial charge in [-0.1, -0.05) is 0 Å². The third-order valence-electron chi connectivity index (χ3n) is 3.34. The van der Waals surface area contributed by atoms with Crippen LogP contribution in [0, 0.1) is 0 Å². The normalized spacial score (nSPS) is 11.5. The molecule has 0 atom stereocenters. The Morgan fingerprint density at radius 3 is 2.11 bits per heavy atom. The average molecular weight is 586 g/mol. The first-order valence-corrected chi connectivity index (χ1v) is 10.1. The van der Waals surface area contributed by atoms with Crippen LogP contribution in [0.25, 0.3) is 11.3 Å². The van der Waals surface area contributed by atoms with Crippen molar-refractivity contribution in [2.45, 2.75) is 12.6 Å². The van der Waals surface area contributed by atoms with Crippen molar-refractivity contribution in [2.24, 2.45) is 0 Å². The van der Waals surface area contributed by atoms with E-state index in [1.807, 2.05) is 6.07 Å². The van der Waals surface area contributed by atoms with Crippen molar-refractivity contribution in [1.29, 1.82) is 0 Å². The summed E-state index contributed by atoms with van der Waals surface area (Å²) in [4.78, 5) is 8.10. The van der Waals surface area contributed by atoms with Crippen LogP contribution >= 0.6 is 47.8 Å². The van der Waals surface area contributed by atoms with E-state index in [0.29, 0.717) is 15.9 Å². The van der Waals surface area contributed by atoms with E-state index in [1.54, 1.807) is 29.2 Å². The van der Waals surface area contributed by atoms with Crippen molar-refractivity contribution in [1.82, 2.24) is 29.2 Å². The molecule has 4 rings (SSSR count). The second-order valence-corrected chi connectivity index (χ2v) is 7.86. The van der Waals surface area contributed by atoms with E-state index in [4.69, 9.17) is 0 Å². The van der Waals surface area contributed by atoms with Crippen LogP contribution in [0.2, 0.25) is 0 Å². The summed E-state index contributed by atoms with van der Waals surface area (Å²) >= 11 is 9.83. The van der Waals surface area contributed by atoms with E-state index < -0.39 is 12.6 Å². The highest BCUT2D eigenvalue weighted by Crippen LogP contribution is 2.22. The largest absolute Gasteiger partial charge is 0.390 e. The number of rotatable bonds is 3. The molecule has 0 saturated carbocycles. The SMILES string of the molecule is Brc1cc(Br)c2nccn2n1.FC(F)(F)CCNc1cc(Br)nn2ccnc12. The maximum Gasteiger partial charge on any atom is 0.390 e. The smallest absolute Gasteiger partial charge is 0.382 e. The van der Waals surface area contributed by atoms with Crippen LogP contribution in [0.1, 0.15) is 6.42 Å². The second-order valence-electron chi connectivity index (χ2n) is 5.38. The number of nitrogens with one attached hydrogen (secondary N) is 1. The van der Waals surface area contributed by atoms with E-state index in [0.717, 1.165) is 14.7 Å². The molecule has 0 unspecified atom stereocenters. The lowest BCUT2D eigenvalue weighted by atomic mass is 10.4. The molecule has 0 bridgehead atoms. The predicted molar refractivity (Wildman–Crippen MR) is 108 cm³/mol.